The highest BCUT2D eigenvalue weighted by atomic mass is 16.7. The quantitative estimate of drug-likeness (QED) is 0.404. The molecule has 112 valence electrons. The van der Waals surface area contributed by atoms with Crippen molar-refractivity contribution in [2.75, 3.05) is 6.61 Å². The third kappa shape index (κ3) is 3.25. The summed E-state index contributed by atoms with van der Waals surface area (Å²) < 4.78 is 11.2. The van der Waals surface area contributed by atoms with Crippen molar-refractivity contribution >= 4 is 0 Å². The predicted molar refractivity (Wildman–Crippen MR) is 67.1 cm³/mol. The summed E-state index contributed by atoms with van der Waals surface area (Å²) >= 11 is 0. The summed E-state index contributed by atoms with van der Waals surface area (Å²) in [6.07, 6.45) is -0.461. The van der Waals surface area contributed by atoms with E-state index < -0.39 is 37.3 Å². The molecule has 1 aliphatic carbocycles. The van der Waals surface area contributed by atoms with Crippen molar-refractivity contribution in [3.63, 3.8) is 0 Å². The highest BCUT2D eigenvalue weighted by Gasteiger charge is 2.44. The second kappa shape index (κ2) is 6.45. The molecule has 0 aromatic rings. The Labute approximate surface area is 112 Å². The van der Waals surface area contributed by atoms with Crippen LogP contribution in [0.25, 0.3) is 0 Å². The normalized spacial score (nSPS) is 48.2. The first-order valence-corrected chi connectivity index (χ1v) is 6.83. The number of aliphatic hydroxyl groups excluding tert-OH is 3. The zero-order valence-corrected chi connectivity index (χ0v) is 10.9. The fourth-order valence-corrected chi connectivity index (χ4v) is 2.69. The number of nitrogens with two attached hydrogens (primary N) is 2. The summed E-state index contributed by atoms with van der Waals surface area (Å²) in [6, 6.07) is -0.923. The van der Waals surface area contributed by atoms with Crippen LogP contribution in [0.4, 0.5) is 0 Å². The van der Waals surface area contributed by atoms with Crippen LogP contribution in [-0.2, 0) is 9.47 Å². The van der Waals surface area contributed by atoms with Crippen LogP contribution in [0.15, 0.2) is 0 Å². The van der Waals surface area contributed by atoms with Gasteiger partial charge in [-0.1, -0.05) is 12.8 Å². The summed E-state index contributed by atoms with van der Waals surface area (Å²) in [5.74, 6) is 0. The van der Waals surface area contributed by atoms with E-state index in [-0.39, 0.29) is 12.1 Å². The van der Waals surface area contributed by atoms with Gasteiger partial charge in [0.2, 0.25) is 0 Å². The molecule has 7 atom stereocenters. The van der Waals surface area contributed by atoms with Crippen molar-refractivity contribution in [3.05, 3.63) is 0 Å². The molecule has 0 aromatic heterocycles. The van der Waals surface area contributed by atoms with Gasteiger partial charge in [-0.15, -0.1) is 0 Å². The van der Waals surface area contributed by atoms with Crippen molar-refractivity contribution in [1.29, 1.82) is 0 Å². The van der Waals surface area contributed by atoms with Gasteiger partial charge < -0.3 is 36.3 Å². The molecule has 1 saturated heterocycles. The fraction of sp³-hybridized carbons (Fsp3) is 1.00. The molecule has 0 amide bonds. The average Bonchev–Trinajstić information content (AvgIpc) is 2.41. The summed E-state index contributed by atoms with van der Waals surface area (Å²) in [5, 5.41) is 28.6. The minimum absolute atomic E-state index is 0.0684. The molecular weight excluding hydrogens is 252 g/mol. The van der Waals surface area contributed by atoms with Crippen LogP contribution in [-0.4, -0.2) is 64.7 Å². The van der Waals surface area contributed by atoms with Gasteiger partial charge in [-0.3, -0.25) is 0 Å². The maximum absolute atomic E-state index is 9.84. The molecule has 7 heteroatoms. The lowest BCUT2D eigenvalue weighted by molar-refractivity contribution is -0.281. The number of aliphatic hydroxyl groups is 3. The molecule has 2 aliphatic rings. The van der Waals surface area contributed by atoms with E-state index in [1.54, 1.807) is 0 Å². The fourth-order valence-electron chi connectivity index (χ4n) is 2.69. The van der Waals surface area contributed by atoms with Crippen molar-refractivity contribution < 1.29 is 24.8 Å². The second-order valence-electron chi connectivity index (χ2n) is 5.41. The molecule has 0 bridgehead atoms. The van der Waals surface area contributed by atoms with E-state index in [2.05, 4.69) is 0 Å². The van der Waals surface area contributed by atoms with Crippen molar-refractivity contribution in [3.8, 4) is 0 Å². The Hall–Kier alpha value is -0.280. The van der Waals surface area contributed by atoms with Gasteiger partial charge in [-0.05, 0) is 12.8 Å². The van der Waals surface area contributed by atoms with Gasteiger partial charge in [0.25, 0.3) is 0 Å². The Morgan fingerprint density at radius 3 is 2.42 bits per heavy atom. The molecule has 0 radical (unpaired) electrons. The zero-order valence-electron chi connectivity index (χ0n) is 10.9. The second-order valence-corrected chi connectivity index (χ2v) is 5.41. The highest BCUT2D eigenvalue weighted by Crippen LogP contribution is 2.26. The molecule has 2 rings (SSSR count). The van der Waals surface area contributed by atoms with Crippen LogP contribution >= 0.6 is 0 Å². The van der Waals surface area contributed by atoms with Crippen LogP contribution in [0.5, 0.6) is 0 Å². The molecule has 1 heterocycles. The van der Waals surface area contributed by atoms with Crippen LogP contribution in [0.3, 0.4) is 0 Å². The van der Waals surface area contributed by atoms with Gasteiger partial charge >= 0.3 is 0 Å². The molecule has 2 fully saturated rings. The van der Waals surface area contributed by atoms with E-state index in [0.717, 1.165) is 25.7 Å². The van der Waals surface area contributed by atoms with Crippen LogP contribution < -0.4 is 11.5 Å². The van der Waals surface area contributed by atoms with E-state index >= 15 is 0 Å². The van der Waals surface area contributed by atoms with E-state index in [1.165, 1.54) is 0 Å². The summed E-state index contributed by atoms with van der Waals surface area (Å²) in [4.78, 5) is 0. The Bertz CT molecular complexity index is 291. The summed E-state index contributed by atoms with van der Waals surface area (Å²) in [5.41, 5.74) is 11.8. The first kappa shape index (κ1) is 15.1. The Kier molecular flexibility index (Phi) is 5.13. The van der Waals surface area contributed by atoms with Crippen LogP contribution in [0, 0.1) is 0 Å². The van der Waals surface area contributed by atoms with Crippen molar-refractivity contribution in [2.45, 2.75) is 68.5 Å². The van der Waals surface area contributed by atoms with E-state index in [9.17, 15) is 10.2 Å². The minimum atomic E-state index is -1.21. The minimum Gasteiger partial charge on any atom is -0.394 e. The van der Waals surface area contributed by atoms with Gasteiger partial charge in [-0.25, -0.2) is 0 Å². The summed E-state index contributed by atoms with van der Waals surface area (Å²) in [7, 11) is 0. The number of hydrogen-bond donors (Lipinski definition) is 5. The van der Waals surface area contributed by atoms with Gasteiger partial charge in [0.05, 0.1) is 18.8 Å². The van der Waals surface area contributed by atoms with Gasteiger partial charge in [-0.2, -0.15) is 0 Å². The molecule has 19 heavy (non-hydrogen) atoms. The molecule has 0 spiro atoms. The predicted octanol–water partition coefficient (Wildman–Crippen LogP) is -1.96. The molecule has 7 N–H and O–H groups in total. The van der Waals surface area contributed by atoms with Crippen LogP contribution in [0.1, 0.15) is 25.7 Å². The number of ether oxygens (including phenoxy) is 2. The lowest BCUT2D eigenvalue weighted by Crippen LogP contribution is -2.63. The van der Waals surface area contributed by atoms with E-state index in [1.807, 2.05) is 0 Å². The Morgan fingerprint density at radius 2 is 1.79 bits per heavy atom. The number of hydrogen-bond acceptors (Lipinski definition) is 7. The summed E-state index contributed by atoms with van der Waals surface area (Å²) in [6.45, 7) is -0.401. The topological polar surface area (TPSA) is 131 Å². The third-order valence-corrected chi connectivity index (χ3v) is 3.99. The molecule has 7 nitrogen and oxygen atoms in total. The van der Waals surface area contributed by atoms with Gasteiger partial charge in [0, 0.05) is 6.04 Å². The SMILES string of the molecule is N[C@@H]1[C@@H](O[C@H]2CCCC[C@@H]2N)O[C@@H](CO)[C@H](O)[C@H]1O. The Morgan fingerprint density at radius 1 is 1.11 bits per heavy atom. The first-order chi connectivity index (χ1) is 9.04. The highest BCUT2D eigenvalue weighted by molar-refractivity contribution is 4.92. The molecule has 1 aliphatic heterocycles. The van der Waals surface area contributed by atoms with E-state index in [0.29, 0.717) is 0 Å². The lowest BCUT2D eigenvalue weighted by atomic mass is 9.92. The van der Waals surface area contributed by atoms with Gasteiger partial charge in [0.15, 0.2) is 6.29 Å². The monoisotopic (exact) mass is 276 g/mol. The average molecular weight is 276 g/mol. The number of rotatable bonds is 3. The zero-order chi connectivity index (χ0) is 14.0. The lowest BCUT2D eigenvalue weighted by Gasteiger charge is -2.42. The first-order valence-electron chi connectivity index (χ1n) is 6.83. The van der Waals surface area contributed by atoms with Crippen molar-refractivity contribution in [1.82, 2.24) is 0 Å². The smallest absolute Gasteiger partial charge is 0.176 e. The largest absolute Gasteiger partial charge is 0.394 e. The molecule has 0 aromatic carbocycles. The molecular formula is C12H24N2O5. The third-order valence-electron chi connectivity index (χ3n) is 3.99. The Balaban J connectivity index is 1.98. The van der Waals surface area contributed by atoms with Crippen molar-refractivity contribution in [2.24, 2.45) is 11.5 Å². The van der Waals surface area contributed by atoms with Crippen LogP contribution in [0.2, 0.25) is 0 Å². The standard InChI is InChI=1S/C12H24N2O5/c13-6-3-1-2-4-7(6)18-12-9(14)11(17)10(16)8(5-15)19-12/h6-12,15-17H,1-5,13-14H2/t6-,7-,8-,9-,10-,11-,12-/m0/s1. The van der Waals surface area contributed by atoms with Gasteiger partial charge in [0.1, 0.15) is 18.3 Å². The van der Waals surface area contributed by atoms with E-state index in [4.69, 9.17) is 26.0 Å². The molecule has 1 saturated carbocycles. The maximum Gasteiger partial charge on any atom is 0.176 e. The molecule has 0 unspecified atom stereocenters. The maximum atomic E-state index is 9.84.